The number of anilines is 1. The summed E-state index contributed by atoms with van der Waals surface area (Å²) in [4.78, 5) is 21.6. The lowest BCUT2D eigenvalue weighted by Crippen LogP contribution is -2.48. The Morgan fingerprint density at radius 2 is 2.03 bits per heavy atom. The third kappa shape index (κ3) is 5.49. The number of carbonyl (C=O) groups is 1. The highest BCUT2D eigenvalue weighted by atomic mass is 32.1. The zero-order valence-corrected chi connectivity index (χ0v) is 18.5. The molecule has 0 atom stereocenters. The molecule has 0 unspecified atom stereocenters. The van der Waals surface area contributed by atoms with E-state index in [0.717, 1.165) is 74.4 Å². The molecular weight excluding hydrogens is 398 g/mol. The molecule has 162 valence electrons. The number of nitrogens with one attached hydrogen (secondary N) is 1. The molecule has 1 amide bonds. The van der Waals surface area contributed by atoms with Crippen LogP contribution in [0.4, 0.5) is 5.13 Å². The van der Waals surface area contributed by atoms with Gasteiger partial charge in [0.2, 0.25) is 11.0 Å². The topological polar surface area (TPSA) is 70.6 Å². The van der Waals surface area contributed by atoms with Gasteiger partial charge in [0.05, 0.1) is 7.11 Å². The number of ether oxygens (including phenoxy) is 1. The quantitative estimate of drug-likeness (QED) is 0.696. The highest BCUT2D eigenvalue weighted by Crippen LogP contribution is 2.24. The van der Waals surface area contributed by atoms with Crippen molar-refractivity contribution in [3.05, 3.63) is 35.7 Å². The molecule has 1 aromatic carbocycles. The number of hydrogen-bond acceptors (Lipinski definition) is 7. The molecule has 2 heterocycles. The first-order valence-corrected chi connectivity index (χ1v) is 11.7. The van der Waals surface area contributed by atoms with Crippen LogP contribution in [0, 0.1) is 5.92 Å². The molecular formula is C22H31N5O2S. The van der Waals surface area contributed by atoms with Crippen LogP contribution in [-0.2, 0) is 11.2 Å². The predicted molar refractivity (Wildman–Crippen MR) is 119 cm³/mol. The number of benzene rings is 1. The minimum absolute atomic E-state index is 0.253. The number of amides is 1. The van der Waals surface area contributed by atoms with Gasteiger partial charge in [-0.3, -0.25) is 9.69 Å². The lowest BCUT2D eigenvalue weighted by atomic mass is 10.1. The summed E-state index contributed by atoms with van der Waals surface area (Å²) in [6.45, 7) is 5.55. The summed E-state index contributed by atoms with van der Waals surface area (Å²) < 4.78 is 9.85. The molecule has 1 saturated carbocycles. The first-order valence-electron chi connectivity index (χ1n) is 10.9. The van der Waals surface area contributed by atoms with Crippen LogP contribution < -0.4 is 15.0 Å². The standard InChI is InChI=1S/C22H31N5O2S/c1-29-19-8-4-5-17(15-19)16-20-24-22(30-25-20)27-13-11-26(12-14-27)10-9-23-21(28)18-6-2-3-7-18/h4-5,8,15,18H,2-3,6-7,9-14,16H2,1H3,(H,23,28). The Morgan fingerprint density at radius 1 is 1.23 bits per heavy atom. The molecule has 0 radical (unpaired) electrons. The smallest absolute Gasteiger partial charge is 0.223 e. The third-order valence-electron chi connectivity index (χ3n) is 6.05. The number of rotatable bonds is 8. The third-order valence-corrected chi connectivity index (χ3v) is 6.86. The number of nitrogens with zero attached hydrogens (tertiary/aromatic N) is 4. The Hall–Kier alpha value is -2.19. The van der Waals surface area contributed by atoms with Crippen LogP contribution in [0.1, 0.15) is 37.1 Å². The fourth-order valence-corrected chi connectivity index (χ4v) is 4.98. The molecule has 1 saturated heterocycles. The van der Waals surface area contributed by atoms with E-state index in [1.54, 1.807) is 7.11 Å². The number of methoxy groups -OCH3 is 1. The summed E-state index contributed by atoms with van der Waals surface area (Å²) in [5.74, 6) is 2.23. The van der Waals surface area contributed by atoms with Crippen LogP contribution in [0.2, 0.25) is 0 Å². The normalized spacial score (nSPS) is 18.0. The molecule has 1 aromatic heterocycles. The Morgan fingerprint density at radius 3 is 2.80 bits per heavy atom. The Labute approximate surface area is 182 Å². The minimum Gasteiger partial charge on any atom is -0.497 e. The van der Waals surface area contributed by atoms with E-state index in [0.29, 0.717) is 6.42 Å². The lowest BCUT2D eigenvalue weighted by Gasteiger charge is -2.34. The molecule has 30 heavy (non-hydrogen) atoms. The molecule has 8 heteroatoms. The summed E-state index contributed by atoms with van der Waals surface area (Å²) in [6, 6.07) is 8.05. The van der Waals surface area contributed by atoms with Crippen molar-refractivity contribution in [2.24, 2.45) is 5.92 Å². The fraction of sp³-hybridized carbons (Fsp3) is 0.591. The van der Waals surface area contributed by atoms with E-state index in [4.69, 9.17) is 9.72 Å². The summed E-state index contributed by atoms with van der Waals surface area (Å²) in [6.07, 6.45) is 5.24. The van der Waals surface area contributed by atoms with Crippen molar-refractivity contribution in [2.45, 2.75) is 32.1 Å². The molecule has 2 aliphatic rings. The van der Waals surface area contributed by atoms with Crippen molar-refractivity contribution >= 4 is 22.6 Å². The summed E-state index contributed by atoms with van der Waals surface area (Å²) in [5, 5.41) is 4.13. The van der Waals surface area contributed by atoms with Crippen LogP contribution in [0.15, 0.2) is 24.3 Å². The first kappa shape index (κ1) is 21.1. The number of aromatic nitrogens is 2. The second-order valence-electron chi connectivity index (χ2n) is 8.12. The van der Waals surface area contributed by atoms with Gasteiger partial charge < -0.3 is 15.0 Å². The second-order valence-corrected chi connectivity index (χ2v) is 8.85. The van der Waals surface area contributed by atoms with Gasteiger partial charge in [-0.15, -0.1) is 0 Å². The van der Waals surface area contributed by atoms with E-state index in [-0.39, 0.29) is 11.8 Å². The Balaban J connectivity index is 1.20. The number of piperazine rings is 1. The largest absolute Gasteiger partial charge is 0.497 e. The highest BCUT2D eigenvalue weighted by Gasteiger charge is 2.23. The molecule has 1 aliphatic carbocycles. The minimum atomic E-state index is 0.253. The second kappa shape index (κ2) is 10.2. The van der Waals surface area contributed by atoms with E-state index >= 15 is 0 Å². The molecule has 1 aliphatic heterocycles. The van der Waals surface area contributed by atoms with Crippen molar-refractivity contribution in [2.75, 3.05) is 51.3 Å². The van der Waals surface area contributed by atoms with Gasteiger partial charge in [-0.2, -0.15) is 4.37 Å². The van der Waals surface area contributed by atoms with Crippen LogP contribution in [-0.4, -0.2) is 66.5 Å². The van der Waals surface area contributed by atoms with Crippen LogP contribution >= 0.6 is 11.5 Å². The average Bonchev–Trinajstić information content (AvgIpc) is 3.47. The van der Waals surface area contributed by atoms with Crippen LogP contribution in [0.5, 0.6) is 5.75 Å². The number of hydrogen-bond donors (Lipinski definition) is 1. The highest BCUT2D eigenvalue weighted by molar-refractivity contribution is 7.09. The predicted octanol–water partition coefficient (Wildman–Crippen LogP) is 2.57. The molecule has 4 rings (SSSR count). The Bertz CT molecular complexity index is 828. The van der Waals surface area contributed by atoms with Gasteiger partial charge in [0, 0.05) is 63.1 Å². The maximum absolute atomic E-state index is 12.1. The fourth-order valence-electron chi connectivity index (χ4n) is 4.24. The molecule has 2 fully saturated rings. The molecule has 7 nitrogen and oxygen atoms in total. The molecule has 0 spiro atoms. The lowest BCUT2D eigenvalue weighted by molar-refractivity contribution is -0.124. The van der Waals surface area contributed by atoms with Crippen molar-refractivity contribution in [1.29, 1.82) is 0 Å². The van der Waals surface area contributed by atoms with Crippen molar-refractivity contribution < 1.29 is 9.53 Å². The van der Waals surface area contributed by atoms with Crippen molar-refractivity contribution in [3.8, 4) is 5.75 Å². The van der Waals surface area contributed by atoms with Gasteiger partial charge in [-0.05, 0) is 30.5 Å². The van der Waals surface area contributed by atoms with Gasteiger partial charge in [0.25, 0.3) is 0 Å². The van der Waals surface area contributed by atoms with Crippen molar-refractivity contribution in [1.82, 2.24) is 19.6 Å². The Kier molecular flexibility index (Phi) is 7.17. The van der Waals surface area contributed by atoms with Gasteiger partial charge in [-0.1, -0.05) is 25.0 Å². The van der Waals surface area contributed by atoms with E-state index in [9.17, 15) is 4.79 Å². The van der Waals surface area contributed by atoms with E-state index in [1.165, 1.54) is 24.4 Å². The van der Waals surface area contributed by atoms with Crippen LogP contribution in [0.3, 0.4) is 0 Å². The molecule has 1 N–H and O–H groups in total. The summed E-state index contributed by atoms with van der Waals surface area (Å²) in [5.41, 5.74) is 1.16. The van der Waals surface area contributed by atoms with Gasteiger partial charge >= 0.3 is 0 Å². The maximum atomic E-state index is 12.1. The number of carbonyl (C=O) groups excluding carboxylic acids is 1. The van der Waals surface area contributed by atoms with E-state index in [2.05, 4.69) is 25.6 Å². The van der Waals surface area contributed by atoms with Gasteiger partial charge in [0.15, 0.2) is 0 Å². The summed E-state index contributed by atoms with van der Waals surface area (Å²) >= 11 is 1.48. The van der Waals surface area contributed by atoms with E-state index in [1.807, 2.05) is 18.2 Å². The molecule has 2 aromatic rings. The maximum Gasteiger partial charge on any atom is 0.223 e. The van der Waals surface area contributed by atoms with E-state index < -0.39 is 0 Å². The monoisotopic (exact) mass is 429 g/mol. The zero-order valence-electron chi connectivity index (χ0n) is 17.7. The molecule has 0 bridgehead atoms. The van der Waals surface area contributed by atoms with Crippen LogP contribution in [0.25, 0.3) is 0 Å². The summed E-state index contributed by atoms with van der Waals surface area (Å²) in [7, 11) is 1.68. The van der Waals surface area contributed by atoms with Gasteiger partial charge in [0.1, 0.15) is 11.6 Å². The SMILES string of the molecule is COc1cccc(Cc2nsc(N3CCN(CCNC(=O)C4CCCC4)CC3)n2)c1. The zero-order chi connectivity index (χ0) is 20.8. The average molecular weight is 430 g/mol. The van der Waals surface area contributed by atoms with Gasteiger partial charge in [-0.25, -0.2) is 4.98 Å². The van der Waals surface area contributed by atoms with Crippen molar-refractivity contribution in [3.63, 3.8) is 0 Å². The first-order chi connectivity index (χ1) is 14.7.